The summed E-state index contributed by atoms with van der Waals surface area (Å²) in [7, 11) is 1.93. The molecule has 0 amide bonds. The first-order chi connectivity index (χ1) is 9.24. The Balaban J connectivity index is 1.82. The van der Waals surface area contributed by atoms with E-state index >= 15 is 0 Å². The van der Waals surface area contributed by atoms with Crippen molar-refractivity contribution in [1.29, 1.82) is 0 Å². The zero-order valence-corrected chi connectivity index (χ0v) is 12.0. The molecule has 19 heavy (non-hydrogen) atoms. The van der Waals surface area contributed by atoms with Gasteiger partial charge in [-0.05, 0) is 32.3 Å². The molecule has 0 spiro atoms. The Morgan fingerprint density at radius 1 is 1.37 bits per heavy atom. The van der Waals surface area contributed by atoms with Gasteiger partial charge in [-0.3, -0.25) is 0 Å². The fourth-order valence-corrected chi connectivity index (χ4v) is 4.21. The van der Waals surface area contributed by atoms with E-state index in [9.17, 15) is 0 Å². The lowest BCUT2D eigenvalue weighted by atomic mass is 9.88. The van der Waals surface area contributed by atoms with Crippen molar-refractivity contribution in [1.82, 2.24) is 9.97 Å². The van der Waals surface area contributed by atoms with Crippen LogP contribution in [0.15, 0.2) is 6.07 Å². The second-order valence-corrected chi connectivity index (χ2v) is 6.71. The van der Waals surface area contributed by atoms with Crippen molar-refractivity contribution in [2.45, 2.75) is 44.3 Å². The molecule has 0 aliphatic carbocycles. The number of anilines is 1. The van der Waals surface area contributed by atoms with E-state index in [4.69, 9.17) is 14.7 Å². The zero-order valence-electron chi connectivity index (χ0n) is 11.1. The van der Waals surface area contributed by atoms with Crippen LogP contribution in [0.5, 0.6) is 0 Å². The monoisotopic (exact) mass is 275 g/mol. The normalized spacial score (nSPS) is 29.3. The molecule has 100 valence electrons. The average molecular weight is 275 g/mol. The largest absolute Gasteiger partial charge is 0.374 e. The third kappa shape index (κ3) is 1.75. The van der Waals surface area contributed by atoms with Crippen LogP contribution in [-0.2, 0) is 4.74 Å². The molecule has 3 unspecified atom stereocenters. The second-order valence-electron chi connectivity index (χ2n) is 5.47. The second kappa shape index (κ2) is 4.15. The third-order valence-corrected chi connectivity index (χ3v) is 5.15. The van der Waals surface area contributed by atoms with Gasteiger partial charge in [0.25, 0.3) is 0 Å². The van der Waals surface area contributed by atoms with Gasteiger partial charge >= 0.3 is 0 Å². The van der Waals surface area contributed by atoms with Crippen molar-refractivity contribution in [2.75, 3.05) is 12.4 Å². The standard InChI is InChI=1S/C14H17N3OS/c1-7-5-10-12(15-2)16-13(17-14(10)19-7)9-6-8-3-4-11(9)18-8/h5,8-9,11H,3-4,6H2,1-2H3,(H,15,16,17). The topological polar surface area (TPSA) is 47.0 Å². The Morgan fingerprint density at radius 3 is 2.95 bits per heavy atom. The highest BCUT2D eigenvalue weighted by atomic mass is 32.1. The van der Waals surface area contributed by atoms with E-state index in [-0.39, 0.29) is 0 Å². The lowest BCUT2D eigenvalue weighted by Gasteiger charge is -2.17. The molecule has 5 heteroatoms. The van der Waals surface area contributed by atoms with E-state index in [1.54, 1.807) is 11.3 Å². The number of hydrogen-bond acceptors (Lipinski definition) is 5. The summed E-state index contributed by atoms with van der Waals surface area (Å²) in [5.74, 6) is 2.30. The third-order valence-electron chi connectivity index (χ3n) is 4.21. The molecule has 4 nitrogen and oxygen atoms in total. The summed E-state index contributed by atoms with van der Waals surface area (Å²) in [6.07, 6.45) is 4.24. The quantitative estimate of drug-likeness (QED) is 0.915. The SMILES string of the molecule is CNc1nc(C2CC3CCC2O3)nc2sc(C)cc12. The summed E-state index contributed by atoms with van der Waals surface area (Å²) in [4.78, 5) is 11.9. The molecule has 2 saturated heterocycles. The smallest absolute Gasteiger partial charge is 0.138 e. The van der Waals surface area contributed by atoms with Gasteiger partial charge in [-0.25, -0.2) is 9.97 Å². The summed E-state index contributed by atoms with van der Waals surface area (Å²) >= 11 is 1.74. The van der Waals surface area contributed by atoms with Gasteiger partial charge in [0.2, 0.25) is 0 Å². The number of fused-ring (bicyclic) bond motifs is 3. The number of hydrogen-bond donors (Lipinski definition) is 1. The zero-order chi connectivity index (χ0) is 13.0. The molecular formula is C14H17N3OS. The number of aromatic nitrogens is 2. The Kier molecular flexibility index (Phi) is 2.53. The van der Waals surface area contributed by atoms with E-state index in [0.717, 1.165) is 34.7 Å². The maximum atomic E-state index is 5.93. The molecule has 0 radical (unpaired) electrons. The molecule has 2 bridgehead atoms. The van der Waals surface area contributed by atoms with Gasteiger partial charge in [0.1, 0.15) is 16.5 Å². The molecule has 0 saturated carbocycles. The van der Waals surface area contributed by atoms with Crippen LogP contribution in [0.3, 0.4) is 0 Å². The van der Waals surface area contributed by atoms with Gasteiger partial charge < -0.3 is 10.1 Å². The Bertz CT molecular complexity index is 639. The summed E-state index contributed by atoms with van der Waals surface area (Å²) < 4.78 is 5.93. The number of nitrogens with one attached hydrogen (secondary N) is 1. The van der Waals surface area contributed by atoms with E-state index < -0.39 is 0 Å². The minimum absolute atomic E-state index is 0.341. The molecule has 4 heterocycles. The molecule has 2 aliphatic rings. The van der Waals surface area contributed by atoms with Gasteiger partial charge in [0, 0.05) is 17.8 Å². The molecular weight excluding hydrogens is 258 g/mol. The van der Waals surface area contributed by atoms with Crippen LogP contribution in [0.4, 0.5) is 5.82 Å². The van der Waals surface area contributed by atoms with Gasteiger partial charge in [-0.15, -0.1) is 11.3 Å². The summed E-state index contributed by atoms with van der Waals surface area (Å²) in [6.45, 7) is 2.12. The van der Waals surface area contributed by atoms with Crippen LogP contribution >= 0.6 is 11.3 Å². The highest BCUT2D eigenvalue weighted by Crippen LogP contribution is 2.44. The van der Waals surface area contributed by atoms with Crippen molar-refractivity contribution >= 4 is 27.4 Å². The minimum Gasteiger partial charge on any atom is -0.374 e. The first-order valence-electron chi connectivity index (χ1n) is 6.86. The molecule has 2 fully saturated rings. The molecule has 2 aromatic rings. The summed E-state index contributed by atoms with van der Waals surface area (Å²) in [6, 6.07) is 2.16. The average Bonchev–Trinajstić information content (AvgIpc) is 3.10. The van der Waals surface area contributed by atoms with Gasteiger partial charge in [0.15, 0.2) is 0 Å². The first-order valence-corrected chi connectivity index (χ1v) is 7.67. The fourth-order valence-electron chi connectivity index (χ4n) is 3.32. The van der Waals surface area contributed by atoms with Crippen LogP contribution < -0.4 is 5.32 Å². The van der Waals surface area contributed by atoms with Crippen molar-refractivity contribution in [3.05, 3.63) is 16.8 Å². The van der Waals surface area contributed by atoms with Crippen molar-refractivity contribution in [3.8, 4) is 0 Å². The number of thiophene rings is 1. The van der Waals surface area contributed by atoms with Crippen LogP contribution in [-0.4, -0.2) is 29.2 Å². The van der Waals surface area contributed by atoms with E-state index in [0.29, 0.717) is 18.1 Å². The number of ether oxygens (including phenoxy) is 1. The van der Waals surface area contributed by atoms with Crippen LogP contribution in [0.1, 0.15) is 35.9 Å². The van der Waals surface area contributed by atoms with E-state index in [1.807, 2.05) is 7.05 Å². The fraction of sp³-hybridized carbons (Fsp3) is 0.571. The van der Waals surface area contributed by atoms with Gasteiger partial charge in [0.05, 0.1) is 17.6 Å². The van der Waals surface area contributed by atoms with Crippen LogP contribution in [0.25, 0.3) is 10.2 Å². The van der Waals surface area contributed by atoms with Crippen molar-refractivity contribution in [2.24, 2.45) is 0 Å². The molecule has 2 aromatic heterocycles. The predicted octanol–water partition coefficient (Wildman–Crippen LogP) is 3.08. The van der Waals surface area contributed by atoms with Crippen molar-refractivity contribution in [3.63, 3.8) is 0 Å². The maximum Gasteiger partial charge on any atom is 0.138 e. The van der Waals surface area contributed by atoms with Crippen LogP contribution in [0, 0.1) is 6.92 Å². The van der Waals surface area contributed by atoms with Gasteiger partial charge in [-0.1, -0.05) is 0 Å². The molecule has 4 rings (SSSR count). The summed E-state index contributed by atoms with van der Waals surface area (Å²) in [5.41, 5.74) is 0. The Labute approximate surface area is 116 Å². The molecule has 3 atom stereocenters. The Hall–Kier alpha value is -1.20. The lowest BCUT2D eigenvalue weighted by molar-refractivity contribution is 0.0999. The minimum atomic E-state index is 0.341. The molecule has 2 aliphatic heterocycles. The lowest BCUT2D eigenvalue weighted by Crippen LogP contribution is -2.17. The van der Waals surface area contributed by atoms with E-state index in [2.05, 4.69) is 18.3 Å². The summed E-state index contributed by atoms with van der Waals surface area (Å²) in [5, 5.41) is 4.34. The van der Waals surface area contributed by atoms with Crippen LogP contribution in [0.2, 0.25) is 0 Å². The van der Waals surface area contributed by atoms with Gasteiger partial charge in [-0.2, -0.15) is 0 Å². The van der Waals surface area contributed by atoms with E-state index in [1.165, 1.54) is 11.3 Å². The van der Waals surface area contributed by atoms with Crippen molar-refractivity contribution < 1.29 is 4.74 Å². The number of aryl methyl sites for hydroxylation is 1. The molecule has 1 N–H and O–H groups in total. The maximum absolute atomic E-state index is 5.93. The number of rotatable bonds is 2. The predicted molar refractivity (Wildman–Crippen MR) is 77.0 cm³/mol. The molecule has 0 aromatic carbocycles. The first kappa shape index (κ1) is 11.6. The number of nitrogens with zero attached hydrogens (tertiary/aromatic N) is 2. The Morgan fingerprint density at radius 2 is 2.26 bits per heavy atom. The highest BCUT2D eigenvalue weighted by Gasteiger charge is 2.43. The highest BCUT2D eigenvalue weighted by molar-refractivity contribution is 7.18.